The minimum atomic E-state index is 0.114. The van der Waals surface area contributed by atoms with Gasteiger partial charge in [-0.15, -0.1) is 0 Å². The van der Waals surface area contributed by atoms with E-state index in [1.807, 2.05) is 41.6 Å². The van der Waals surface area contributed by atoms with Crippen LogP contribution in [0, 0.1) is 5.92 Å². The van der Waals surface area contributed by atoms with Crippen molar-refractivity contribution in [3.8, 4) is 5.75 Å². The maximum atomic E-state index is 13.5. The summed E-state index contributed by atoms with van der Waals surface area (Å²) in [7, 11) is 0. The number of carbonyl (C=O) groups is 2. The minimum absolute atomic E-state index is 0.114. The second-order valence-electron chi connectivity index (χ2n) is 10.2. The molecule has 2 atom stereocenters. The van der Waals surface area contributed by atoms with Crippen molar-refractivity contribution < 1.29 is 14.3 Å². The first-order chi connectivity index (χ1) is 17.2. The van der Waals surface area contributed by atoms with Gasteiger partial charge in [0, 0.05) is 49.2 Å². The second-order valence-corrected chi connectivity index (χ2v) is 10.2. The topological polar surface area (TPSA) is 67.2 Å². The number of carbonyl (C=O) groups excluding carboxylic acids is 2. The predicted octanol–water partition coefficient (Wildman–Crippen LogP) is 3.96. The highest BCUT2D eigenvalue weighted by molar-refractivity contribution is 5.95. The average molecular weight is 473 g/mol. The van der Waals surface area contributed by atoms with Crippen molar-refractivity contribution in [2.45, 2.75) is 57.0 Å². The molecule has 3 aromatic rings. The van der Waals surface area contributed by atoms with Crippen LogP contribution in [0.15, 0.2) is 55.0 Å². The number of fused-ring (bicyclic) bond motifs is 3. The Morgan fingerprint density at radius 1 is 1.09 bits per heavy atom. The summed E-state index contributed by atoms with van der Waals surface area (Å²) in [5.41, 5.74) is 3.03. The van der Waals surface area contributed by atoms with E-state index in [9.17, 15) is 9.59 Å². The smallest absolute Gasteiger partial charge is 0.254 e. The summed E-state index contributed by atoms with van der Waals surface area (Å²) in [6, 6.07) is 12.3. The van der Waals surface area contributed by atoms with Crippen LogP contribution in [0.4, 0.5) is 0 Å². The molecule has 0 radical (unpaired) electrons. The van der Waals surface area contributed by atoms with Crippen LogP contribution >= 0.6 is 0 Å². The van der Waals surface area contributed by atoms with Crippen molar-refractivity contribution in [1.29, 1.82) is 0 Å². The lowest BCUT2D eigenvalue weighted by molar-refractivity contribution is -0.128. The molecule has 0 spiro atoms. The van der Waals surface area contributed by atoms with Crippen LogP contribution in [0.3, 0.4) is 0 Å². The van der Waals surface area contributed by atoms with Crippen LogP contribution in [0.2, 0.25) is 0 Å². The summed E-state index contributed by atoms with van der Waals surface area (Å²) in [5, 5.41) is 0. The van der Waals surface area contributed by atoms with Gasteiger partial charge in [-0.3, -0.25) is 14.6 Å². The third-order valence-electron chi connectivity index (χ3n) is 7.96. The summed E-state index contributed by atoms with van der Waals surface area (Å²) >= 11 is 0. The number of hydrogen-bond donors (Lipinski definition) is 0. The average Bonchev–Trinajstić information content (AvgIpc) is 3.57. The molecule has 3 saturated heterocycles. The maximum absolute atomic E-state index is 13.5. The molecule has 3 aliphatic rings. The van der Waals surface area contributed by atoms with Gasteiger partial charge in [0.15, 0.2) is 0 Å². The molecule has 5 heterocycles. The number of aromatic nitrogens is 2. The zero-order valence-electron chi connectivity index (χ0n) is 20.0. The zero-order chi connectivity index (χ0) is 23.8. The Kier molecular flexibility index (Phi) is 5.92. The Bertz CT molecular complexity index is 1220. The molecular formula is C28H32N4O3. The van der Waals surface area contributed by atoms with Crippen molar-refractivity contribution in [3.05, 3.63) is 66.2 Å². The number of benzene rings is 1. The standard InChI is InChI=1S/C28H32N4O3/c33-27-7-3-12-31(27)14-15-35-24-5-1-4-21(19-24)28(34)32-22-8-9-23(32)17-20(16-22)18-25-26-6-2-11-30(26)13-10-29-25/h1-2,4-6,10-11,13,19-20,22-23H,3,7-9,12,14-18H2/t22-,23-/m0/s1. The van der Waals surface area contributed by atoms with E-state index in [1.165, 1.54) is 5.52 Å². The number of hydrogen-bond acceptors (Lipinski definition) is 4. The van der Waals surface area contributed by atoms with E-state index in [0.29, 0.717) is 48.9 Å². The zero-order valence-corrected chi connectivity index (χ0v) is 20.0. The molecule has 2 bridgehead atoms. The number of likely N-dealkylation sites (tertiary alicyclic amines) is 1. The predicted molar refractivity (Wildman–Crippen MR) is 132 cm³/mol. The van der Waals surface area contributed by atoms with Crippen LogP contribution in [-0.4, -0.2) is 62.8 Å². The SMILES string of the molecule is O=C1CCCN1CCOc1cccc(C(=O)N2[C@H]3CC[C@H]2CC(Cc2nccn4cccc24)C3)c1. The van der Waals surface area contributed by atoms with Gasteiger partial charge in [-0.2, -0.15) is 0 Å². The lowest BCUT2D eigenvalue weighted by Crippen LogP contribution is -2.47. The van der Waals surface area contributed by atoms with Crippen molar-refractivity contribution in [1.82, 2.24) is 19.2 Å². The van der Waals surface area contributed by atoms with E-state index in [4.69, 9.17) is 4.74 Å². The van der Waals surface area contributed by atoms with Gasteiger partial charge in [-0.05, 0) is 74.8 Å². The third-order valence-corrected chi connectivity index (χ3v) is 7.96. The van der Waals surface area contributed by atoms with E-state index in [1.54, 1.807) is 0 Å². The van der Waals surface area contributed by atoms with Gasteiger partial charge in [-0.1, -0.05) is 6.07 Å². The number of ether oxygens (including phenoxy) is 1. The molecule has 2 aromatic heterocycles. The summed E-state index contributed by atoms with van der Waals surface area (Å²) in [6.45, 7) is 1.86. The third kappa shape index (κ3) is 4.40. The van der Waals surface area contributed by atoms with Crippen LogP contribution in [0.1, 0.15) is 54.6 Å². The fourth-order valence-electron chi connectivity index (χ4n) is 6.33. The largest absolute Gasteiger partial charge is 0.492 e. The summed E-state index contributed by atoms with van der Waals surface area (Å²) < 4.78 is 8.03. The monoisotopic (exact) mass is 472 g/mol. The van der Waals surface area contributed by atoms with Crippen LogP contribution in [0.5, 0.6) is 5.75 Å². The van der Waals surface area contributed by atoms with Gasteiger partial charge in [0.25, 0.3) is 5.91 Å². The van der Waals surface area contributed by atoms with Crippen molar-refractivity contribution in [2.24, 2.45) is 5.92 Å². The highest BCUT2D eigenvalue weighted by atomic mass is 16.5. The molecule has 1 aromatic carbocycles. The molecule has 6 rings (SSSR count). The van der Waals surface area contributed by atoms with E-state index in [2.05, 4.69) is 32.6 Å². The molecule has 7 heteroatoms. The van der Waals surface area contributed by atoms with Crippen LogP contribution in [-0.2, 0) is 11.2 Å². The molecule has 7 nitrogen and oxygen atoms in total. The molecule has 0 unspecified atom stereocenters. The van der Waals surface area contributed by atoms with E-state index in [0.717, 1.165) is 50.8 Å². The highest BCUT2D eigenvalue weighted by Crippen LogP contribution is 2.41. The first-order valence-corrected chi connectivity index (χ1v) is 12.9. The van der Waals surface area contributed by atoms with Crippen LogP contribution in [0.25, 0.3) is 5.52 Å². The second kappa shape index (κ2) is 9.36. The molecule has 0 aliphatic carbocycles. The Morgan fingerprint density at radius 2 is 1.94 bits per heavy atom. The molecule has 0 saturated carbocycles. The molecule has 3 aliphatic heterocycles. The van der Waals surface area contributed by atoms with E-state index < -0.39 is 0 Å². The number of rotatable bonds is 7. The van der Waals surface area contributed by atoms with Gasteiger partial charge in [0.2, 0.25) is 5.91 Å². The fraction of sp³-hybridized carbons (Fsp3) is 0.464. The maximum Gasteiger partial charge on any atom is 0.254 e. The molecular weight excluding hydrogens is 440 g/mol. The Morgan fingerprint density at radius 3 is 2.74 bits per heavy atom. The lowest BCUT2D eigenvalue weighted by atomic mass is 9.86. The van der Waals surface area contributed by atoms with Gasteiger partial charge >= 0.3 is 0 Å². The van der Waals surface area contributed by atoms with Gasteiger partial charge in [0.1, 0.15) is 12.4 Å². The molecule has 0 N–H and O–H groups in total. The summed E-state index contributed by atoms with van der Waals surface area (Å²) in [5.74, 6) is 1.56. The summed E-state index contributed by atoms with van der Waals surface area (Å²) in [6.07, 6.45) is 12.7. The number of amides is 2. The quantitative estimate of drug-likeness (QED) is 0.522. The van der Waals surface area contributed by atoms with Gasteiger partial charge < -0.3 is 18.9 Å². The fourth-order valence-corrected chi connectivity index (χ4v) is 6.33. The minimum Gasteiger partial charge on any atom is -0.492 e. The van der Waals surface area contributed by atoms with Crippen molar-refractivity contribution >= 4 is 17.3 Å². The van der Waals surface area contributed by atoms with Crippen molar-refractivity contribution in [3.63, 3.8) is 0 Å². The molecule has 182 valence electrons. The molecule has 3 fully saturated rings. The number of piperidine rings is 1. The lowest BCUT2D eigenvalue weighted by Gasteiger charge is -2.39. The van der Waals surface area contributed by atoms with Crippen molar-refractivity contribution in [2.75, 3.05) is 19.7 Å². The Labute approximate surface area is 205 Å². The molecule has 35 heavy (non-hydrogen) atoms. The van der Waals surface area contributed by atoms with E-state index >= 15 is 0 Å². The van der Waals surface area contributed by atoms with Crippen LogP contribution < -0.4 is 4.74 Å². The van der Waals surface area contributed by atoms with Gasteiger partial charge in [-0.25, -0.2) is 0 Å². The number of nitrogens with zero attached hydrogens (tertiary/aromatic N) is 4. The highest BCUT2D eigenvalue weighted by Gasteiger charge is 2.43. The normalized spacial score (nSPS) is 23.9. The Hall–Kier alpha value is -3.35. The van der Waals surface area contributed by atoms with Gasteiger partial charge in [0.05, 0.1) is 17.8 Å². The Balaban J connectivity index is 1.09. The summed E-state index contributed by atoms with van der Waals surface area (Å²) in [4.78, 5) is 34.0. The first-order valence-electron chi connectivity index (χ1n) is 12.9. The first kappa shape index (κ1) is 22.1. The molecule has 2 amide bonds. The van der Waals surface area contributed by atoms with E-state index in [-0.39, 0.29) is 11.8 Å².